The summed E-state index contributed by atoms with van der Waals surface area (Å²) in [6, 6.07) is 17.0. The molecule has 1 aliphatic heterocycles. The van der Waals surface area contributed by atoms with Crippen LogP contribution in [0.1, 0.15) is 22.3 Å². The number of rotatable bonds is 7. The number of nitro benzene ring substituents is 1. The van der Waals surface area contributed by atoms with Gasteiger partial charge in [-0.25, -0.2) is 9.79 Å². The van der Waals surface area contributed by atoms with Gasteiger partial charge in [0.05, 0.1) is 22.6 Å². The maximum Gasteiger partial charge on any atom is 0.363 e. The summed E-state index contributed by atoms with van der Waals surface area (Å²) in [7, 11) is 1.52. The Morgan fingerprint density at radius 3 is 2.56 bits per heavy atom. The topological polar surface area (TPSA) is 100 Å². The molecule has 0 radical (unpaired) electrons. The summed E-state index contributed by atoms with van der Waals surface area (Å²) in [5.41, 5.74) is 2.80. The van der Waals surface area contributed by atoms with Gasteiger partial charge in [-0.2, -0.15) is 0 Å². The van der Waals surface area contributed by atoms with Gasteiger partial charge in [0.2, 0.25) is 5.90 Å². The largest absolute Gasteiger partial charge is 0.493 e. The molecular formula is C25H19ClN2O6. The molecular weight excluding hydrogens is 460 g/mol. The van der Waals surface area contributed by atoms with E-state index in [1.807, 2.05) is 31.2 Å². The van der Waals surface area contributed by atoms with Crippen LogP contribution in [0.3, 0.4) is 0 Å². The summed E-state index contributed by atoms with van der Waals surface area (Å²) in [6.45, 7) is 2.40. The second-order valence-electron chi connectivity index (χ2n) is 7.44. The standard InChI is InChI=1S/C25H19ClN2O6/c1-15-3-5-16(6-4-15)14-33-22-10-7-17(12-23(22)32-2)11-21-25(29)34-24(27-21)19-13-18(28(30)31)8-9-20(19)26/h3-13H,14H2,1-2H3/b21-11-. The number of methoxy groups -OCH3 is 1. The van der Waals surface area contributed by atoms with Gasteiger partial charge in [-0.3, -0.25) is 10.1 Å². The van der Waals surface area contributed by atoms with E-state index in [4.69, 9.17) is 25.8 Å². The van der Waals surface area contributed by atoms with Crippen molar-refractivity contribution < 1.29 is 23.9 Å². The van der Waals surface area contributed by atoms with E-state index in [2.05, 4.69) is 4.99 Å². The first-order valence-corrected chi connectivity index (χ1v) is 10.5. The molecule has 0 aromatic heterocycles. The lowest BCUT2D eigenvalue weighted by molar-refractivity contribution is -0.384. The molecule has 0 atom stereocenters. The Bertz CT molecular complexity index is 1330. The molecule has 0 saturated heterocycles. The van der Waals surface area contributed by atoms with Gasteiger partial charge in [-0.15, -0.1) is 0 Å². The number of hydrogen-bond acceptors (Lipinski definition) is 7. The fraction of sp³-hybridized carbons (Fsp3) is 0.120. The Kier molecular flexibility index (Phi) is 6.60. The SMILES string of the molecule is COc1cc(/C=C2\N=C(c3cc([N+](=O)[O-])ccc3Cl)OC2=O)ccc1OCc1ccc(C)cc1. The fourth-order valence-corrected chi connectivity index (χ4v) is 3.41. The number of hydrogen-bond donors (Lipinski definition) is 0. The lowest BCUT2D eigenvalue weighted by Crippen LogP contribution is -2.06. The van der Waals surface area contributed by atoms with Crippen molar-refractivity contribution in [3.63, 3.8) is 0 Å². The quantitative estimate of drug-likeness (QED) is 0.193. The molecule has 0 amide bonds. The maximum atomic E-state index is 12.4. The predicted octanol–water partition coefficient (Wildman–Crippen LogP) is 5.49. The highest BCUT2D eigenvalue weighted by molar-refractivity contribution is 6.34. The minimum atomic E-state index is -0.698. The van der Waals surface area contributed by atoms with Gasteiger partial charge in [-0.05, 0) is 42.3 Å². The third-order valence-electron chi connectivity index (χ3n) is 5.02. The second kappa shape index (κ2) is 9.76. The van der Waals surface area contributed by atoms with Crippen LogP contribution in [0, 0.1) is 17.0 Å². The molecule has 0 unspecified atom stereocenters. The van der Waals surface area contributed by atoms with Crippen LogP contribution in [0.5, 0.6) is 11.5 Å². The zero-order valence-corrected chi connectivity index (χ0v) is 19.0. The molecule has 172 valence electrons. The van der Waals surface area contributed by atoms with Crippen molar-refractivity contribution >= 4 is 35.2 Å². The first-order valence-electron chi connectivity index (χ1n) is 10.2. The van der Waals surface area contributed by atoms with E-state index in [1.54, 1.807) is 18.2 Å². The summed E-state index contributed by atoms with van der Waals surface area (Å²) in [6.07, 6.45) is 1.52. The summed E-state index contributed by atoms with van der Waals surface area (Å²) in [5, 5.41) is 11.2. The Morgan fingerprint density at radius 1 is 1.09 bits per heavy atom. The van der Waals surface area contributed by atoms with Crippen LogP contribution < -0.4 is 9.47 Å². The van der Waals surface area contributed by atoms with Crippen molar-refractivity contribution in [1.29, 1.82) is 0 Å². The third kappa shape index (κ3) is 5.07. The van der Waals surface area contributed by atoms with E-state index < -0.39 is 10.9 Å². The van der Waals surface area contributed by atoms with Crippen molar-refractivity contribution in [1.82, 2.24) is 0 Å². The zero-order valence-electron chi connectivity index (χ0n) is 18.3. The molecule has 4 rings (SSSR count). The van der Waals surface area contributed by atoms with Gasteiger partial charge in [0, 0.05) is 12.1 Å². The summed E-state index contributed by atoms with van der Waals surface area (Å²) < 4.78 is 16.5. The van der Waals surface area contributed by atoms with Gasteiger partial charge in [0.1, 0.15) is 6.61 Å². The summed E-state index contributed by atoms with van der Waals surface area (Å²) in [5.74, 6) is 0.233. The smallest absolute Gasteiger partial charge is 0.363 e. The number of cyclic esters (lactones) is 1. The van der Waals surface area contributed by atoms with Crippen molar-refractivity contribution in [3.05, 3.63) is 104 Å². The number of ether oxygens (including phenoxy) is 3. The van der Waals surface area contributed by atoms with Crippen molar-refractivity contribution in [2.45, 2.75) is 13.5 Å². The number of benzene rings is 3. The number of carbonyl (C=O) groups is 1. The minimum Gasteiger partial charge on any atom is -0.493 e. The lowest BCUT2D eigenvalue weighted by Gasteiger charge is -2.11. The predicted molar refractivity (Wildman–Crippen MR) is 127 cm³/mol. The Labute approximate surface area is 200 Å². The number of halogens is 1. The second-order valence-corrected chi connectivity index (χ2v) is 7.85. The number of aryl methyl sites for hydroxylation is 1. The normalized spacial score (nSPS) is 14.0. The van der Waals surface area contributed by atoms with Gasteiger partial charge in [0.25, 0.3) is 5.69 Å². The maximum absolute atomic E-state index is 12.4. The van der Waals surface area contributed by atoms with Crippen LogP contribution in [0.2, 0.25) is 5.02 Å². The number of aliphatic imine (C=N–C) groups is 1. The third-order valence-corrected chi connectivity index (χ3v) is 5.35. The number of non-ortho nitro benzene ring substituents is 1. The molecule has 9 heteroatoms. The molecule has 0 spiro atoms. The highest BCUT2D eigenvalue weighted by atomic mass is 35.5. The molecule has 0 fully saturated rings. The van der Waals surface area contributed by atoms with Crippen molar-refractivity contribution in [2.24, 2.45) is 4.99 Å². The highest BCUT2D eigenvalue weighted by Crippen LogP contribution is 2.31. The molecule has 1 heterocycles. The van der Waals surface area contributed by atoms with E-state index in [-0.39, 0.29) is 27.9 Å². The zero-order chi connectivity index (χ0) is 24.2. The molecule has 3 aromatic carbocycles. The van der Waals surface area contributed by atoms with E-state index in [0.717, 1.165) is 5.56 Å². The number of esters is 1. The first kappa shape index (κ1) is 23.0. The van der Waals surface area contributed by atoms with Crippen LogP contribution in [-0.2, 0) is 16.1 Å². The van der Waals surface area contributed by atoms with E-state index >= 15 is 0 Å². The number of nitrogens with zero attached hydrogens (tertiary/aromatic N) is 2. The number of carbonyl (C=O) groups excluding carboxylic acids is 1. The van der Waals surface area contributed by atoms with E-state index in [9.17, 15) is 14.9 Å². The Balaban J connectivity index is 1.57. The average Bonchev–Trinajstić information content (AvgIpc) is 3.19. The summed E-state index contributed by atoms with van der Waals surface area (Å²) >= 11 is 6.13. The highest BCUT2D eigenvalue weighted by Gasteiger charge is 2.27. The fourth-order valence-electron chi connectivity index (χ4n) is 3.21. The van der Waals surface area contributed by atoms with Crippen LogP contribution in [0.25, 0.3) is 6.08 Å². The molecule has 1 aliphatic rings. The minimum absolute atomic E-state index is 0.0212. The average molecular weight is 479 g/mol. The molecule has 0 saturated carbocycles. The first-order chi connectivity index (χ1) is 16.3. The lowest BCUT2D eigenvalue weighted by atomic mass is 10.1. The van der Waals surface area contributed by atoms with Crippen molar-refractivity contribution in [2.75, 3.05) is 7.11 Å². The molecule has 0 bridgehead atoms. The van der Waals surface area contributed by atoms with E-state index in [1.165, 1.54) is 36.9 Å². The molecule has 0 N–H and O–H groups in total. The Morgan fingerprint density at radius 2 is 1.85 bits per heavy atom. The summed E-state index contributed by atoms with van der Waals surface area (Å²) in [4.78, 5) is 27.0. The Hall–Kier alpha value is -4.17. The van der Waals surface area contributed by atoms with Gasteiger partial charge >= 0.3 is 5.97 Å². The van der Waals surface area contributed by atoms with E-state index in [0.29, 0.717) is 23.7 Å². The number of nitro groups is 1. The molecule has 3 aromatic rings. The van der Waals surface area contributed by atoms with Gasteiger partial charge in [-0.1, -0.05) is 47.5 Å². The van der Waals surface area contributed by atoms with Crippen LogP contribution >= 0.6 is 11.6 Å². The monoisotopic (exact) mass is 478 g/mol. The van der Waals surface area contributed by atoms with Gasteiger partial charge in [0.15, 0.2) is 17.2 Å². The van der Waals surface area contributed by atoms with Crippen LogP contribution in [0.15, 0.2) is 71.4 Å². The molecule has 8 nitrogen and oxygen atoms in total. The van der Waals surface area contributed by atoms with Crippen LogP contribution in [0.4, 0.5) is 5.69 Å². The van der Waals surface area contributed by atoms with Gasteiger partial charge < -0.3 is 14.2 Å². The molecule has 0 aliphatic carbocycles. The van der Waals surface area contributed by atoms with Crippen LogP contribution in [-0.4, -0.2) is 23.9 Å². The molecule has 34 heavy (non-hydrogen) atoms. The van der Waals surface area contributed by atoms with Crippen molar-refractivity contribution in [3.8, 4) is 11.5 Å².